The summed E-state index contributed by atoms with van der Waals surface area (Å²) >= 11 is 0. The van der Waals surface area contributed by atoms with Crippen LogP contribution in [0.4, 0.5) is 4.39 Å². The number of hydrogen-bond acceptors (Lipinski definition) is 2. The van der Waals surface area contributed by atoms with Crippen LogP contribution in [-0.2, 0) is 10.3 Å². The summed E-state index contributed by atoms with van der Waals surface area (Å²) in [6, 6.07) is 6.65. The lowest BCUT2D eigenvalue weighted by Gasteiger charge is -2.41. The average molecular weight is 181 g/mol. The average Bonchev–Trinajstić information content (AvgIpc) is 2.03. The maximum absolute atomic E-state index is 12.9. The maximum atomic E-state index is 12.9. The molecule has 13 heavy (non-hydrogen) atoms. The molecule has 2 rings (SSSR count). The second kappa shape index (κ2) is 3.09. The minimum absolute atomic E-state index is 0.165. The number of nitrogens with one attached hydrogen (secondary N) is 1. The molecule has 3 heteroatoms. The van der Waals surface area contributed by atoms with E-state index >= 15 is 0 Å². The Morgan fingerprint density at radius 2 is 2.23 bits per heavy atom. The Kier molecular flexibility index (Phi) is 2.06. The van der Waals surface area contributed by atoms with Gasteiger partial charge in [0.2, 0.25) is 0 Å². The lowest BCUT2D eigenvalue weighted by molar-refractivity contribution is -0.0748. The monoisotopic (exact) mass is 181 g/mol. The Labute approximate surface area is 76.7 Å². The molecule has 0 saturated carbocycles. The first kappa shape index (κ1) is 8.66. The standard InChI is InChI=1S/C10H12FNO/c1-12-10(6-13-7-10)8-3-2-4-9(11)5-8/h2-5,12H,6-7H2,1H3. The van der Waals surface area contributed by atoms with Crippen molar-refractivity contribution in [3.8, 4) is 0 Å². The number of ether oxygens (including phenoxy) is 1. The molecule has 0 bridgehead atoms. The Morgan fingerprint density at radius 1 is 1.46 bits per heavy atom. The van der Waals surface area contributed by atoms with Crippen molar-refractivity contribution >= 4 is 0 Å². The third kappa shape index (κ3) is 1.34. The molecule has 0 atom stereocenters. The molecule has 0 radical (unpaired) electrons. The van der Waals surface area contributed by atoms with Crippen LogP contribution in [0.25, 0.3) is 0 Å². The van der Waals surface area contributed by atoms with Crippen LogP contribution < -0.4 is 5.32 Å². The molecule has 1 aromatic carbocycles. The van der Waals surface area contributed by atoms with Gasteiger partial charge in [0.05, 0.1) is 18.8 Å². The molecule has 2 nitrogen and oxygen atoms in total. The van der Waals surface area contributed by atoms with E-state index in [0.717, 1.165) is 5.56 Å². The van der Waals surface area contributed by atoms with Crippen molar-refractivity contribution in [3.05, 3.63) is 35.6 Å². The van der Waals surface area contributed by atoms with Gasteiger partial charge in [0.25, 0.3) is 0 Å². The van der Waals surface area contributed by atoms with Crippen LogP contribution in [0, 0.1) is 5.82 Å². The van der Waals surface area contributed by atoms with Crippen molar-refractivity contribution in [2.24, 2.45) is 0 Å². The van der Waals surface area contributed by atoms with E-state index in [0.29, 0.717) is 13.2 Å². The Morgan fingerprint density at radius 3 is 2.69 bits per heavy atom. The maximum Gasteiger partial charge on any atom is 0.123 e. The minimum Gasteiger partial charge on any atom is -0.377 e. The SMILES string of the molecule is CNC1(c2cccc(F)c2)COC1. The smallest absolute Gasteiger partial charge is 0.123 e. The van der Waals surface area contributed by atoms with Crippen LogP contribution in [0.15, 0.2) is 24.3 Å². The molecule has 1 fully saturated rings. The van der Waals surface area contributed by atoms with Gasteiger partial charge in [-0.25, -0.2) is 4.39 Å². The predicted molar refractivity (Wildman–Crippen MR) is 48.0 cm³/mol. The van der Waals surface area contributed by atoms with Crippen LogP contribution in [0.3, 0.4) is 0 Å². The van der Waals surface area contributed by atoms with Crippen molar-refractivity contribution in [1.82, 2.24) is 5.32 Å². The van der Waals surface area contributed by atoms with E-state index in [-0.39, 0.29) is 11.4 Å². The second-order valence-electron chi connectivity index (χ2n) is 3.34. The number of halogens is 1. The topological polar surface area (TPSA) is 21.3 Å². The fourth-order valence-electron chi connectivity index (χ4n) is 1.55. The fourth-order valence-corrected chi connectivity index (χ4v) is 1.55. The molecule has 1 saturated heterocycles. The molecule has 0 aromatic heterocycles. The van der Waals surface area contributed by atoms with Crippen LogP contribution in [0.1, 0.15) is 5.56 Å². The molecular weight excluding hydrogens is 169 g/mol. The van der Waals surface area contributed by atoms with Crippen molar-refractivity contribution in [2.45, 2.75) is 5.54 Å². The molecule has 0 unspecified atom stereocenters. The molecule has 1 aliphatic heterocycles. The van der Waals surface area contributed by atoms with Gasteiger partial charge >= 0.3 is 0 Å². The van der Waals surface area contributed by atoms with Crippen molar-refractivity contribution in [2.75, 3.05) is 20.3 Å². The van der Waals surface area contributed by atoms with Crippen LogP contribution >= 0.6 is 0 Å². The molecule has 0 aliphatic carbocycles. The molecule has 1 aromatic rings. The molecular formula is C10H12FNO. The summed E-state index contributed by atoms with van der Waals surface area (Å²) in [7, 11) is 1.87. The second-order valence-corrected chi connectivity index (χ2v) is 3.34. The van der Waals surface area contributed by atoms with Gasteiger partial charge in [0, 0.05) is 0 Å². The van der Waals surface area contributed by atoms with Gasteiger partial charge in [0.1, 0.15) is 5.82 Å². The van der Waals surface area contributed by atoms with Crippen molar-refractivity contribution in [1.29, 1.82) is 0 Å². The largest absolute Gasteiger partial charge is 0.377 e. The van der Waals surface area contributed by atoms with Gasteiger partial charge < -0.3 is 10.1 Å². The highest BCUT2D eigenvalue weighted by atomic mass is 19.1. The Bertz CT molecular complexity index is 304. The van der Waals surface area contributed by atoms with E-state index in [1.54, 1.807) is 12.1 Å². The van der Waals surface area contributed by atoms with Gasteiger partial charge in [0.15, 0.2) is 0 Å². The fraction of sp³-hybridized carbons (Fsp3) is 0.400. The normalized spacial score (nSPS) is 19.5. The van der Waals surface area contributed by atoms with Gasteiger partial charge in [-0.15, -0.1) is 0 Å². The van der Waals surface area contributed by atoms with Crippen molar-refractivity contribution < 1.29 is 9.13 Å². The summed E-state index contributed by atoms with van der Waals surface area (Å²) in [5.41, 5.74) is 0.795. The lowest BCUT2D eigenvalue weighted by atomic mass is 9.88. The highest BCUT2D eigenvalue weighted by Crippen LogP contribution is 2.29. The van der Waals surface area contributed by atoms with Crippen LogP contribution in [0.5, 0.6) is 0 Å². The molecule has 1 heterocycles. The summed E-state index contributed by atoms with van der Waals surface area (Å²) in [4.78, 5) is 0. The van der Waals surface area contributed by atoms with E-state index < -0.39 is 0 Å². The van der Waals surface area contributed by atoms with Crippen LogP contribution in [-0.4, -0.2) is 20.3 Å². The molecule has 1 N–H and O–H groups in total. The van der Waals surface area contributed by atoms with E-state index in [2.05, 4.69) is 5.32 Å². The highest BCUT2D eigenvalue weighted by Gasteiger charge is 2.38. The molecule has 0 amide bonds. The summed E-state index contributed by atoms with van der Waals surface area (Å²) in [5, 5.41) is 3.17. The summed E-state index contributed by atoms with van der Waals surface area (Å²) < 4.78 is 18.1. The highest BCUT2D eigenvalue weighted by molar-refractivity contribution is 5.27. The zero-order chi connectivity index (χ0) is 9.31. The van der Waals surface area contributed by atoms with Crippen molar-refractivity contribution in [3.63, 3.8) is 0 Å². The predicted octanol–water partition coefficient (Wildman–Crippen LogP) is 1.27. The number of hydrogen-bond donors (Lipinski definition) is 1. The number of likely N-dealkylation sites (N-methyl/N-ethyl adjacent to an activating group) is 1. The third-order valence-corrected chi connectivity index (χ3v) is 2.55. The quantitative estimate of drug-likeness (QED) is 0.741. The third-order valence-electron chi connectivity index (χ3n) is 2.55. The Hall–Kier alpha value is -0.930. The first-order valence-electron chi connectivity index (χ1n) is 4.29. The summed E-state index contributed by atoms with van der Waals surface area (Å²) in [5.74, 6) is -0.195. The zero-order valence-electron chi connectivity index (χ0n) is 7.51. The lowest BCUT2D eigenvalue weighted by Crippen LogP contribution is -2.56. The molecule has 1 aliphatic rings. The van der Waals surface area contributed by atoms with E-state index in [9.17, 15) is 4.39 Å². The van der Waals surface area contributed by atoms with Gasteiger partial charge in [-0.1, -0.05) is 12.1 Å². The Balaban J connectivity index is 2.33. The number of benzene rings is 1. The summed E-state index contributed by atoms with van der Waals surface area (Å²) in [6.07, 6.45) is 0. The minimum atomic E-state index is -0.195. The van der Waals surface area contributed by atoms with Crippen LogP contribution in [0.2, 0.25) is 0 Å². The van der Waals surface area contributed by atoms with Gasteiger partial charge in [-0.05, 0) is 24.7 Å². The van der Waals surface area contributed by atoms with Gasteiger partial charge in [-0.2, -0.15) is 0 Å². The van der Waals surface area contributed by atoms with E-state index in [4.69, 9.17) is 4.74 Å². The first-order chi connectivity index (χ1) is 6.27. The summed E-state index contributed by atoms with van der Waals surface area (Å²) in [6.45, 7) is 1.24. The number of rotatable bonds is 2. The zero-order valence-corrected chi connectivity index (χ0v) is 7.51. The molecule has 0 spiro atoms. The van der Waals surface area contributed by atoms with E-state index in [1.165, 1.54) is 6.07 Å². The van der Waals surface area contributed by atoms with E-state index in [1.807, 2.05) is 13.1 Å². The molecule has 70 valence electrons. The first-order valence-corrected chi connectivity index (χ1v) is 4.29. The van der Waals surface area contributed by atoms with Gasteiger partial charge in [-0.3, -0.25) is 0 Å².